The number of hydrogen-bond donors (Lipinski definition) is 1. The van der Waals surface area contributed by atoms with Crippen LogP contribution in [0.2, 0.25) is 0 Å². The quantitative estimate of drug-likeness (QED) is 0.801. The Hall–Kier alpha value is -1.10. The third kappa shape index (κ3) is 2.77. The summed E-state index contributed by atoms with van der Waals surface area (Å²) in [6, 6.07) is 2.96. The molecule has 92 valence electrons. The SMILES string of the molecule is CC1CN(C(=O)c2ccc(=O)[nH]c2)CCC1Br. The second-order valence-electron chi connectivity index (χ2n) is 4.47. The van der Waals surface area contributed by atoms with E-state index in [0.29, 0.717) is 16.3 Å². The van der Waals surface area contributed by atoms with Crippen LogP contribution in [0.25, 0.3) is 0 Å². The van der Waals surface area contributed by atoms with Crippen LogP contribution in [-0.2, 0) is 0 Å². The number of aromatic amines is 1. The molecule has 1 aliphatic rings. The number of piperidine rings is 1. The van der Waals surface area contributed by atoms with Gasteiger partial charge in [0, 0.05) is 30.2 Å². The van der Waals surface area contributed by atoms with Crippen LogP contribution >= 0.6 is 15.9 Å². The highest BCUT2D eigenvalue weighted by atomic mass is 79.9. The van der Waals surface area contributed by atoms with Crippen molar-refractivity contribution >= 4 is 21.8 Å². The fraction of sp³-hybridized carbons (Fsp3) is 0.500. The van der Waals surface area contributed by atoms with Crippen LogP contribution in [-0.4, -0.2) is 33.7 Å². The molecule has 2 atom stereocenters. The first kappa shape index (κ1) is 12.4. The van der Waals surface area contributed by atoms with E-state index in [1.807, 2.05) is 4.90 Å². The minimum absolute atomic E-state index is 0.00694. The maximum Gasteiger partial charge on any atom is 0.255 e. The number of rotatable bonds is 1. The van der Waals surface area contributed by atoms with Gasteiger partial charge in [-0.1, -0.05) is 22.9 Å². The first-order chi connectivity index (χ1) is 8.08. The first-order valence-electron chi connectivity index (χ1n) is 5.70. The number of amides is 1. The van der Waals surface area contributed by atoms with Crippen LogP contribution in [0, 0.1) is 5.92 Å². The molecule has 1 aromatic rings. The largest absolute Gasteiger partial charge is 0.338 e. The molecule has 17 heavy (non-hydrogen) atoms. The molecule has 1 N–H and O–H groups in total. The highest BCUT2D eigenvalue weighted by molar-refractivity contribution is 9.09. The standard InChI is InChI=1S/C12H15BrN2O2/c1-8-7-15(5-4-10(8)13)12(17)9-2-3-11(16)14-6-9/h2-3,6,8,10H,4-5,7H2,1H3,(H,14,16). The predicted molar refractivity (Wildman–Crippen MR) is 69.5 cm³/mol. The van der Waals surface area contributed by atoms with Gasteiger partial charge in [0.05, 0.1) is 5.56 Å². The number of H-pyrrole nitrogens is 1. The van der Waals surface area contributed by atoms with Crippen molar-refractivity contribution in [2.45, 2.75) is 18.2 Å². The Bertz CT molecular complexity index is 451. The van der Waals surface area contributed by atoms with Gasteiger partial charge in [0.15, 0.2) is 0 Å². The number of hydrogen-bond acceptors (Lipinski definition) is 2. The van der Waals surface area contributed by atoms with Crippen LogP contribution in [0.1, 0.15) is 23.7 Å². The van der Waals surface area contributed by atoms with Gasteiger partial charge in [-0.3, -0.25) is 9.59 Å². The van der Waals surface area contributed by atoms with E-state index < -0.39 is 0 Å². The monoisotopic (exact) mass is 298 g/mol. The zero-order valence-corrected chi connectivity index (χ0v) is 11.2. The predicted octanol–water partition coefficient (Wildman–Crippen LogP) is 1.62. The lowest BCUT2D eigenvalue weighted by molar-refractivity contribution is 0.0690. The molecule has 0 saturated carbocycles. The molecule has 0 radical (unpaired) electrons. The average molecular weight is 299 g/mol. The second kappa shape index (κ2) is 5.04. The van der Waals surface area contributed by atoms with Gasteiger partial charge in [0.25, 0.3) is 5.91 Å². The van der Waals surface area contributed by atoms with E-state index in [1.54, 1.807) is 6.07 Å². The van der Waals surface area contributed by atoms with E-state index >= 15 is 0 Å². The van der Waals surface area contributed by atoms with E-state index in [4.69, 9.17) is 0 Å². The number of aromatic nitrogens is 1. The number of carbonyl (C=O) groups is 1. The van der Waals surface area contributed by atoms with Crippen LogP contribution in [0.15, 0.2) is 23.1 Å². The van der Waals surface area contributed by atoms with E-state index in [9.17, 15) is 9.59 Å². The summed E-state index contributed by atoms with van der Waals surface area (Å²) in [5, 5.41) is 0. The van der Waals surface area contributed by atoms with E-state index in [2.05, 4.69) is 27.8 Å². The van der Waals surface area contributed by atoms with Crippen LogP contribution in [0.5, 0.6) is 0 Å². The van der Waals surface area contributed by atoms with Gasteiger partial charge in [-0.05, 0) is 18.4 Å². The Morgan fingerprint density at radius 1 is 1.53 bits per heavy atom. The molecule has 5 heteroatoms. The lowest BCUT2D eigenvalue weighted by Gasteiger charge is -2.34. The van der Waals surface area contributed by atoms with Crippen LogP contribution < -0.4 is 5.56 Å². The topological polar surface area (TPSA) is 53.2 Å². The van der Waals surface area contributed by atoms with Crippen molar-refractivity contribution in [2.75, 3.05) is 13.1 Å². The Morgan fingerprint density at radius 3 is 2.88 bits per heavy atom. The van der Waals surface area contributed by atoms with Crippen molar-refractivity contribution in [1.82, 2.24) is 9.88 Å². The molecule has 1 aliphatic heterocycles. The number of likely N-dealkylation sites (tertiary alicyclic amines) is 1. The maximum absolute atomic E-state index is 12.2. The molecular weight excluding hydrogens is 284 g/mol. The highest BCUT2D eigenvalue weighted by Crippen LogP contribution is 2.24. The highest BCUT2D eigenvalue weighted by Gasteiger charge is 2.27. The summed E-state index contributed by atoms with van der Waals surface area (Å²) in [6.07, 6.45) is 2.45. The molecule has 0 aliphatic carbocycles. The van der Waals surface area contributed by atoms with Gasteiger partial charge in [-0.2, -0.15) is 0 Å². The van der Waals surface area contributed by atoms with Gasteiger partial charge >= 0.3 is 0 Å². The molecule has 1 saturated heterocycles. The van der Waals surface area contributed by atoms with Gasteiger partial charge in [-0.25, -0.2) is 0 Å². The molecule has 0 bridgehead atoms. The number of nitrogens with zero attached hydrogens (tertiary/aromatic N) is 1. The number of carbonyl (C=O) groups excluding carboxylic acids is 1. The van der Waals surface area contributed by atoms with Crippen LogP contribution in [0.4, 0.5) is 0 Å². The molecule has 1 amide bonds. The van der Waals surface area contributed by atoms with Crippen molar-refractivity contribution in [3.63, 3.8) is 0 Å². The average Bonchev–Trinajstić information content (AvgIpc) is 2.33. The van der Waals surface area contributed by atoms with Gasteiger partial charge in [0.2, 0.25) is 5.56 Å². The third-order valence-corrected chi connectivity index (χ3v) is 4.48. The minimum Gasteiger partial charge on any atom is -0.338 e. The summed E-state index contributed by atoms with van der Waals surface area (Å²) in [5.74, 6) is 0.447. The molecule has 2 unspecified atom stereocenters. The van der Waals surface area contributed by atoms with Crippen molar-refractivity contribution in [2.24, 2.45) is 5.92 Å². The smallest absolute Gasteiger partial charge is 0.255 e. The lowest BCUT2D eigenvalue weighted by atomic mass is 9.99. The summed E-state index contributed by atoms with van der Waals surface area (Å²) in [7, 11) is 0. The second-order valence-corrected chi connectivity index (χ2v) is 5.65. The number of halogens is 1. The van der Waals surface area contributed by atoms with Crippen LogP contribution in [0.3, 0.4) is 0 Å². The van der Waals surface area contributed by atoms with E-state index in [0.717, 1.165) is 19.5 Å². The van der Waals surface area contributed by atoms with Gasteiger partial charge in [0.1, 0.15) is 0 Å². The summed E-state index contributed by atoms with van der Waals surface area (Å²) < 4.78 is 0. The summed E-state index contributed by atoms with van der Waals surface area (Å²) in [6.45, 7) is 3.65. The lowest BCUT2D eigenvalue weighted by Crippen LogP contribution is -2.43. The molecule has 1 fully saturated rings. The van der Waals surface area contributed by atoms with Gasteiger partial charge < -0.3 is 9.88 Å². The van der Waals surface area contributed by atoms with E-state index in [1.165, 1.54) is 12.3 Å². The summed E-state index contributed by atoms with van der Waals surface area (Å²) in [5.41, 5.74) is 0.360. The zero-order valence-electron chi connectivity index (χ0n) is 9.65. The van der Waals surface area contributed by atoms with E-state index in [-0.39, 0.29) is 11.5 Å². The van der Waals surface area contributed by atoms with Crippen molar-refractivity contribution < 1.29 is 4.79 Å². The van der Waals surface area contributed by atoms with Gasteiger partial charge in [-0.15, -0.1) is 0 Å². The number of nitrogens with one attached hydrogen (secondary N) is 1. The molecule has 2 heterocycles. The molecule has 0 aromatic carbocycles. The molecular formula is C12H15BrN2O2. The number of pyridine rings is 1. The van der Waals surface area contributed by atoms with Crippen molar-refractivity contribution in [1.29, 1.82) is 0 Å². The Balaban J connectivity index is 2.10. The number of alkyl halides is 1. The summed E-state index contributed by atoms with van der Waals surface area (Å²) in [4.78, 5) is 27.9. The Morgan fingerprint density at radius 2 is 2.29 bits per heavy atom. The molecule has 1 aromatic heterocycles. The van der Waals surface area contributed by atoms with Crippen molar-refractivity contribution in [3.8, 4) is 0 Å². The minimum atomic E-state index is -0.186. The zero-order chi connectivity index (χ0) is 12.4. The molecule has 0 spiro atoms. The molecule has 4 nitrogen and oxygen atoms in total. The fourth-order valence-corrected chi connectivity index (χ4v) is 2.40. The Labute approximate surface area is 108 Å². The fourth-order valence-electron chi connectivity index (χ4n) is 2.03. The summed E-state index contributed by atoms with van der Waals surface area (Å²) >= 11 is 3.61. The first-order valence-corrected chi connectivity index (χ1v) is 6.61. The Kier molecular flexibility index (Phi) is 3.66. The maximum atomic E-state index is 12.2. The normalized spacial score (nSPS) is 24.7. The molecule has 2 rings (SSSR count). The van der Waals surface area contributed by atoms with Crippen molar-refractivity contribution in [3.05, 3.63) is 34.2 Å². The third-order valence-electron chi connectivity index (χ3n) is 3.12.